The third kappa shape index (κ3) is 4.37. The van der Waals surface area contributed by atoms with E-state index in [4.69, 9.17) is 0 Å². The Hall–Kier alpha value is -2.77. The van der Waals surface area contributed by atoms with Crippen LogP contribution in [0.3, 0.4) is 0 Å². The van der Waals surface area contributed by atoms with Gasteiger partial charge in [-0.05, 0) is 38.1 Å². The molecule has 1 atom stereocenters. The van der Waals surface area contributed by atoms with E-state index in [1.165, 1.54) is 0 Å². The summed E-state index contributed by atoms with van der Waals surface area (Å²) in [5, 5.41) is 16.6. The van der Waals surface area contributed by atoms with E-state index in [0.29, 0.717) is 31.7 Å². The highest BCUT2D eigenvalue weighted by Crippen LogP contribution is 2.25. The van der Waals surface area contributed by atoms with Crippen LogP contribution in [0, 0.1) is 0 Å². The second kappa shape index (κ2) is 8.53. The summed E-state index contributed by atoms with van der Waals surface area (Å²) in [5.74, 6) is -0.110. The summed E-state index contributed by atoms with van der Waals surface area (Å²) in [6.45, 7) is 2.29. The van der Waals surface area contributed by atoms with E-state index in [0.717, 1.165) is 36.0 Å². The summed E-state index contributed by atoms with van der Waals surface area (Å²) in [5.41, 5.74) is 1.51. The molecule has 1 amide bonds. The van der Waals surface area contributed by atoms with Gasteiger partial charge in [-0.3, -0.25) is 14.5 Å². The molecule has 1 aromatic carbocycles. The smallest absolute Gasteiger partial charge is 0.275 e. The van der Waals surface area contributed by atoms with E-state index >= 15 is 0 Å². The Balaban J connectivity index is 1.42. The molecule has 1 aliphatic heterocycles. The van der Waals surface area contributed by atoms with Crippen LogP contribution in [0.2, 0.25) is 0 Å². The number of amides is 1. The molecule has 1 unspecified atom stereocenters. The number of pyridine rings is 1. The molecular formula is C23H29N5O2. The van der Waals surface area contributed by atoms with Gasteiger partial charge in [0.15, 0.2) is 5.69 Å². The molecule has 7 nitrogen and oxygen atoms in total. The van der Waals surface area contributed by atoms with Crippen molar-refractivity contribution in [3.63, 3.8) is 0 Å². The molecule has 7 heteroatoms. The van der Waals surface area contributed by atoms with Gasteiger partial charge in [-0.15, -0.1) is 0 Å². The van der Waals surface area contributed by atoms with E-state index in [1.807, 2.05) is 56.6 Å². The van der Waals surface area contributed by atoms with Crippen molar-refractivity contribution in [2.75, 3.05) is 33.2 Å². The molecular weight excluding hydrogens is 378 g/mol. The molecule has 0 radical (unpaired) electrons. The SMILES string of the molecule is CN(CCc1ccccn1)CC1(O)CCCN(C(=O)c2nn(C)c3ccccc23)C1. The quantitative estimate of drug-likeness (QED) is 0.677. The first-order valence-corrected chi connectivity index (χ1v) is 10.5. The first kappa shape index (κ1) is 20.5. The van der Waals surface area contributed by atoms with E-state index in [2.05, 4.69) is 15.0 Å². The first-order chi connectivity index (χ1) is 14.5. The number of β-amino-alcohol motifs (C(OH)–C–C–N with tert-alkyl or cyclic N) is 1. The Morgan fingerprint density at radius 1 is 1.23 bits per heavy atom. The van der Waals surface area contributed by atoms with Crippen molar-refractivity contribution in [3.8, 4) is 0 Å². The molecule has 4 rings (SSSR count). The summed E-state index contributed by atoms with van der Waals surface area (Å²) in [6, 6.07) is 13.7. The summed E-state index contributed by atoms with van der Waals surface area (Å²) in [7, 11) is 3.86. The number of para-hydroxylation sites is 1. The van der Waals surface area contributed by atoms with Crippen molar-refractivity contribution in [1.29, 1.82) is 0 Å². The third-order valence-corrected chi connectivity index (χ3v) is 5.84. The number of likely N-dealkylation sites (tertiary alicyclic amines) is 1. The maximum atomic E-state index is 13.2. The standard InChI is InChI=1S/C23H29N5O2/c1-26(15-11-18-8-5-6-13-24-18)16-23(30)12-7-14-28(17-23)22(29)21-19-9-3-4-10-20(19)27(2)25-21/h3-6,8-10,13,30H,7,11-12,14-17H2,1-2H3. The number of hydrogen-bond acceptors (Lipinski definition) is 5. The average Bonchev–Trinajstić information content (AvgIpc) is 3.09. The Bertz CT molecular complexity index is 1020. The van der Waals surface area contributed by atoms with Crippen molar-refractivity contribution < 1.29 is 9.90 Å². The van der Waals surface area contributed by atoms with Crippen molar-refractivity contribution >= 4 is 16.8 Å². The van der Waals surface area contributed by atoms with E-state index in [1.54, 1.807) is 15.8 Å². The van der Waals surface area contributed by atoms with Gasteiger partial charge in [0.2, 0.25) is 0 Å². The lowest BCUT2D eigenvalue weighted by Gasteiger charge is -2.41. The van der Waals surface area contributed by atoms with Gasteiger partial charge in [0.25, 0.3) is 5.91 Å². The van der Waals surface area contributed by atoms with Gasteiger partial charge in [-0.2, -0.15) is 5.10 Å². The molecule has 1 saturated heterocycles. The van der Waals surface area contributed by atoms with Crippen LogP contribution in [0.15, 0.2) is 48.7 Å². The number of aromatic nitrogens is 3. The van der Waals surface area contributed by atoms with Gasteiger partial charge in [0.1, 0.15) is 0 Å². The van der Waals surface area contributed by atoms with Crippen LogP contribution in [-0.4, -0.2) is 74.4 Å². The van der Waals surface area contributed by atoms with Gasteiger partial charge in [-0.1, -0.05) is 24.3 Å². The van der Waals surface area contributed by atoms with Gasteiger partial charge < -0.3 is 14.9 Å². The minimum Gasteiger partial charge on any atom is -0.387 e. The van der Waals surface area contributed by atoms with Crippen molar-refractivity contribution in [2.24, 2.45) is 7.05 Å². The molecule has 1 fully saturated rings. The number of benzene rings is 1. The topological polar surface area (TPSA) is 74.5 Å². The highest BCUT2D eigenvalue weighted by atomic mass is 16.3. The van der Waals surface area contributed by atoms with Crippen LogP contribution >= 0.6 is 0 Å². The normalized spacial score (nSPS) is 19.5. The lowest BCUT2D eigenvalue weighted by Crippen LogP contribution is -2.55. The molecule has 0 spiro atoms. The molecule has 0 saturated carbocycles. The lowest BCUT2D eigenvalue weighted by molar-refractivity contribution is -0.0426. The third-order valence-electron chi connectivity index (χ3n) is 5.84. The van der Waals surface area contributed by atoms with Crippen LogP contribution in [-0.2, 0) is 13.5 Å². The number of piperidine rings is 1. The molecule has 1 N–H and O–H groups in total. The van der Waals surface area contributed by atoms with Gasteiger partial charge in [-0.25, -0.2) is 0 Å². The number of rotatable bonds is 6. The summed E-state index contributed by atoms with van der Waals surface area (Å²) >= 11 is 0. The summed E-state index contributed by atoms with van der Waals surface area (Å²) < 4.78 is 1.74. The predicted octanol–water partition coefficient (Wildman–Crippen LogP) is 2.11. The van der Waals surface area contributed by atoms with Crippen LogP contribution in [0.1, 0.15) is 29.0 Å². The highest BCUT2D eigenvalue weighted by Gasteiger charge is 2.37. The van der Waals surface area contributed by atoms with Crippen LogP contribution < -0.4 is 0 Å². The number of carbonyl (C=O) groups is 1. The number of carbonyl (C=O) groups excluding carboxylic acids is 1. The zero-order valence-electron chi connectivity index (χ0n) is 17.7. The number of hydrogen-bond donors (Lipinski definition) is 1. The molecule has 2 aromatic heterocycles. The van der Waals surface area contributed by atoms with Crippen molar-refractivity contribution in [3.05, 3.63) is 60.0 Å². The average molecular weight is 408 g/mol. The molecule has 3 aromatic rings. The second-order valence-electron chi connectivity index (χ2n) is 8.35. The zero-order valence-corrected chi connectivity index (χ0v) is 17.7. The molecule has 1 aliphatic rings. The van der Waals surface area contributed by atoms with Crippen LogP contribution in [0.25, 0.3) is 10.9 Å². The molecule has 0 bridgehead atoms. The van der Waals surface area contributed by atoms with Gasteiger partial charge >= 0.3 is 0 Å². The van der Waals surface area contributed by atoms with Crippen molar-refractivity contribution in [1.82, 2.24) is 24.6 Å². The maximum Gasteiger partial charge on any atom is 0.275 e. The van der Waals surface area contributed by atoms with E-state index in [9.17, 15) is 9.90 Å². The monoisotopic (exact) mass is 407 g/mol. The van der Waals surface area contributed by atoms with Gasteiger partial charge in [0.05, 0.1) is 17.7 Å². The van der Waals surface area contributed by atoms with Gasteiger partial charge in [0, 0.05) is 50.4 Å². The molecule has 158 valence electrons. The minimum absolute atomic E-state index is 0.110. The van der Waals surface area contributed by atoms with E-state index < -0.39 is 5.60 Å². The van der Waals surface area contributed by atoms with Crippen LogP contribution in [0.4, 0.5) is 0 Å². The predicted molar refractivity (Wildman–Crippen MR) is 116 cm³/mol. The van der Waals surface area contributed by atoms with E-state index in [-0.39, 0.29) is 5.91 Å². The highest BCUT2D eigenvalue weighted by molar-refractivity contribution is 6.04. The molecule has 0 aliphatic carbocycles. The van der Waals surface area contributed by atoms with Crippen LogP contribution in [0.5, 0.6) is 0 Å². The fraction of sp³-hybridized carbons (Fsp3) is 0.435. The fourth-order valence-corrected chi connectivity index (χ4v) is 4.37. The fourth-order valence-electron chi connectivity index (χ4n) is 4.37. The lowest BCUT2D eigenvalue weighted by atomic mass is 9.92. The Kier molecular flexibility index (Phi) is 5.83. The number of aryl methyl sites for hydroxylation is 1. The first-order valence-electron chi connectivity index (χ1n) is 10.5. The maximum absolute atomic E-state index is 13.2. The second-order valence-corrected chi connectivity index (χ2v) is 8.35. The molecule has 30 heavy (non-hydrogen) atoms. The number of fused-ring (bicyclic) bond motifs is 1. The van der Waals surface area contributed by atoms with Crippen molar-refractivity contribution in [2.45, 2.75) is 24.9 Å². The number of likely N-dealkylation sites (N-methyl/N-ethyl adjacent to an activating group) is 1. The molecule has 3 heterocycles. The number of nitrogens with zero attached hydrogens (tertiary/aromatic N) is 5. The summed E-state index contributed by atoms with van der Waals surface area (Å²) in [4.78, 5) is 21.5. The number of aliphatic hydroxyl groups is 1. The largest absolute Gasteiger partial charge is 0.387 e. The Morgan fingerprint density at radius 2 is 2.03 bits per heavy atom. The Labute approximate surface area is 176 Å². The minimum atomic E-state index is -0.919. The summed E-state index contributed by atoms with van der Waals surface area (Å²) in [6.07, 6.45) is 4.10. The Morgan fingerprint density at radius 3 is 2.83 bits per heavy atom. The zero-order chi connectivity index (χ0) is 21.1.